The Labute approximate surface area is 408 Å². The molecule has 0 saturated heterocycles. The van der Waals surface area contributed by atoms with E-state index in [1.165, 1.54) is 62.6 Å². The van der Waals surface area contributed by atoms with Crippen molar-refractivity contribution in [3.63, 3.8) is 0 Å². The maximum Gasteiger partial charge on any atom is 0.161 e. The van der Waals surface area contributed by atoms with Crippen molar-refractivity contribution in [2.45, 2.75) is 0 Å². The standard InChI is InChI=1S/2C32H19NOS/c1-2-10-20(11-3-1)33-25-16-6-4-12-23(25)32-31(33)30-22(14-8-17-26(30)34-32)21-15-9-19-28-29(21)24-13-5-7-18-27(24)35-28;1-2-9-21(10-3-1)33-26-14-6-4-12-24(26)32-31(33)30-22(13-8-15-27(30)34-32)20-17-18-29-25(19-20)23-11-5-7-16-28(23)35-29/h2*1-19H. The average molecular weight is 931 g/mol. The van der Waals surface area contributed by atoms with Crippen LogP contribution in [-0.4, -0.2) is 9.13 Å². The van der Waals surface area contributed by atoms with E-state index < -0.39 is 0 Å². The fourth-order valence-corrected chi connectivity index (χ4v) is 13.3. The van der Waals surface area contributed by atoms with Gasteiger partial charge in [-0.05, 0) is 113 Å². The number of nitrogens with zero attached hydrogens (tertiary/aromatic N) is 2. The molecule has 0 aliphatic carbocycles. The smallest absolute Gasteiger partial charge is 0.161 e. The highest BCUT2D eigenvalue weighted by Crippen LogP contribution is 2.48. The van der Waals surface area contributed by atoms with Gasteiger partial charge in [0.1, 0.15) is 22.2 Å². The number of rotatable bonds is 4. The summed E-state index contributed by atoms with van der Waals surface area (Å²) in [4.78, 5) is 0. The van der Waals surface area contributed by atoms with E-state index in [-0.39, 0.29) is 0 Å². The highest BCUT2D eigenvalue weighted by atomic mass is 32.1. The van der Waals surface area contributed by atoms with Crippen molar-refractivity contribution in [1.29, 1.82) is 0 Å². The van der Waals surface area contributed by atoms with Gasteiger partial charge in [0.05, 0.1) is 21.8 Å². The summed E-state index contributed by atoms with van der Waals surface area (Å²) in [5.41, 5.74) is 15.4. The summed E-state index contributed by atoms with van der Waals surface area (Å²) in [6.45, 7) is 0. The van der Waals surface area contributed by atoms with E-state index >= 15 is 0 Å². The van der Waals surface area contributed by atoms with Crippen molar-refractivity contribution in [3.8, 4) is 33.6 Å². The first-order valence-electron chi connectivity index (χ1n) is 23.6. The molecule has 0 unspecified atom stereocenters. The fraction of sp³-hybridized carbons (Fsp3) is 0. The first kappa shape index (κ1) is 39.3. The average Bonchev–Trinajstić information content (AvgIpc) is 4.28. The predicted octanol–water partition coefficient (Wildman–Crippen LogP) is 19.1. The van der Waals surface area contributed by atoms with Crippen molar-refractivity contribution >= 4 is 129 Å². The van der Waals surface area contributed by atoms with E-state index in [0.717, 1.165) is 77.3 Å². The zero-order valence-corrected chi connectivity index (χ0v) is 39.1. The Morgan fingerprint density at radius 1 is 0.300 bits per heavy atom. The number of fused-ring (bicyclic) bond motifs is 16. The van der Waals surface area contributed by atoms with Crippen molar-refractivity contribution in [2.75, 3.05) is 0 Å². The largest absolute Gasteiger partial charge is 0.454 e. The number of hydrogen-bond acceptors (Lipinski definition) is 4. The zero-order valence-electron chi connectivity index (χ0n) is 37.5. The molecule has 0 atom stereocenters. The summed E-state index contributed by atoms with van der Waals surface area (Å²) in [7, 11) is 0. The van der Waals surface area contributed by atoms with Crippen LogP contribution >= 0.6 is 22.7 Å². The summed E-state index contributed by atoms with van der Waals surface area (Å²) < 4.78 is 23.1. The minimum atomic E-state index is 0.915. The highest BCUT2D eigenvalue weighted by molar-refractivity contribution is 7.26. The Hall–Kier alpha value is -8.68. The molecule has 6 aromatic heterocycles. The minimum Gasteiger partial charge on any atom is -0.454 e. The highest BCUT2D eigenvalue weighted by Gasteiger charge is 2.24. The van der Waals surface area contributed by atoms with Crippen LogP contribution in [0.15, 0.2) is 239 Å². The van der Waals surface area contributed by atoms with E-state index in [4.69, 9.17) is 8.83 Å². The fourth-order valence-electron chi connectivity index (χ4n) is 11.1. The number of para-hydroxylation sites is 4. The van der Waals surface area contributed by atoms with Gasteiger partial charge in [0.15, 0.2) is 11.2 Å². The summed E-state index contributed by atoms with van der Waals surface area (Å²) in [6, 6.07) is 82.0. The lowest BCUT2D eigenvalue weighted by atomic mass is 9.96. The number of furan rings is 2. The van der Waals surface area contributed by atoms with Gasteiger partial charge in [0, 0.05) is 62.5 Å². The molecule has 0 fully saturated rings. The van der Waals surface area contributed by atoms with E-state index in [2.05, 4.69) is 240 Å². The number of benzene rings is 10. The number of aromatic nitrogens is 2. The van der Waals surface area contributed by atoms with Crippen molar-refractivity contribution < 1.29 is 8.83 Å². The summed E-state index contributed by atoms with van der Waals surface area (Å²) in [5, 5.41) is 9.83. The maximum absolute atomic E-state index is 6.59. The second-order valence-corrected chi connectivity index (χ2v) is 20.0. The molecule has 0 radical (unpaired) electrons. The maximum atomic E-state index is 6.59. The van der Waals surface area contributed by atoms with Crippen LogP contribution in [0.2, 0.25) is 0 Å². The summed E-state index contributed by atoms with van der Waals surface area (Å²) in [5.74, 6) is 0. The Morgan fingerprint density at radius 2 is 0.743 bits per heavy atom. The van der Waals surface area contributed by atoms with Crippen LogP contribution in [0.4, 0.5) is 0 Å². The number of thiophene rings is 2. The molecule has 0 spiro atoms. The third-order valence-corrected chi connectivity index (χ3v) is 16.3. The molecule has 10 aromatic carbocycles. The van der Waals surface area contributed by atoms with E-state index in [1.807, 2.05) is 22.7 Å². The molecular weight excluding hydrogens is 893 g/mol. The molecular formula is C64H38N2O2S2. The lowest BCUT2D eigenvalue weighted by Crippen LogP contribution is -1.93. The van der Waals surface area contributed by atoms with Crippen molar-refractivity contribution in [1.82, 2.24) is 9.13 Å². The van der Waals surface area contributed by atoms with Crippen LogP contribution in [0.1, 0.15) is 0 Å². The quantitative estimate of drug-likeness (QED) is 0.176. The molecule has 6 heterocycles. The predicted molar refractivity (Wildman–Crippen MR) is 298 cm³/mol. The first-order valence-corrected chi connectivity index (χ1v) is 25.2. The molecule has 0 bridgehead atoms. The lowest BCUT2D eigenvalue weighted by molar-refractivity contribution is 0.672. The second-order valence-electron chi connectivity index (χ2n) is 17.9. The third-order valence-electron chi connectivity index (χ3n) is 14.0. The van der Waals surface area contributed by atoms with Crippen LogP contribution in [0, 0.1) is 0 Å². The van der Waals surface area contributed by atoms with Gasteiger partial charge in [0.25, 0.3) is 0 Å². The third kappa shape index (κ3) is 5.81. The summed E-state index contributed by atoms with van der Waals surface area (Å²) in [6.07, 6.45) is 0. The van der Waals surface area contributed by atoms with Crippen LogP contribution in [0.5, 0.6) is 0 Å². The van der Waals surface area contributed by atoms with E-state index in [0.29, 0.717) is 0 Å². The molecule has 0 aliphatic heterocycles. The molecule has 328 valence electrons. The Balaban J connectivity index is 0.000000126. The first-order chi connectivity index (χ1) is 34.7. The van der Waals surface area contributed by atoms with Gasteiger partial charge in [-0.3, -0.25) is 0 Å². The Kier molecular flexibility index (Phi) is 8.66. The van der Waals surface area contributed by atoms with Gasteiger partial charge in [-0.1, -0.05) is 140 Å². The normalized spacial score (nSPS) is 12.0. The van der Waals surface area contributed by atoms with Gasteiger partial charge < -0.3 is 18.0 Å². The van der Waals surface area contributed by atoms with Gasteiger partial charge >= 0.3 is 0 Å². The van der Waals surface area contributed by atoms with Crippen molar-refractivity contribution in [3.05, 3.63) is 231 Å². The van der Waals surface area contributed by atoms with Crippen LogP contribution in [0.25, 0.3) is 140 Å². The molecule has 70 heavy (non-hydrogen) atoms. The van der Waals surface area contributed by atoms with Gasteiger partial charge in [0.2, 0.25) is 0 Å². The molecule has 0 aliphatic rings. The molecule has 4 nitrogen and oxygen atoms in total. The van der Waals surface area contributed by atoms with Crippen LogP contribution in [0.3, 0.4) is 0 Å². The van der Waals surface area contributed by atoms with Crippen molar-refractivity contribution in [2.24, 2.45) is 0 Å². The second kappa shape index (κ2) is 15.4. The van der Waals surface area contributed by atoms with Gasteiger partial charge in [-0.25, -0.2) is 0 Å². The molecule has 0 saturated carbocycles. The topological polar surface area (TPSA) is 36.1 Å². The van der Waals surface area contributed by atoms with Gasteiger partial charge in [-0.2, -0.15) is 0 Å². The molecule has 16 rings (SSSR count). The Morgan fingerprint density at radius 3 is 1.37 bits per heavy atom. The van der Waals surface area contributed by atoms with Crippen LogP contribution in [-0.2, 0) is 0 Å². The lowest BCUT2D eigenvalue weighted by Gasteiger charge is -2.10. The molecule has 0 N–H and O–H groups in total. The zero-order chi connectivity index (χ0) is 45.9. The Bertz CT molecular complexity index is 4710. The molecule has 0 amide bonds. The molecule has 6 heteroatoms. The summed E-state index contributed by atoms with van der Waals surface area (Å²) >= 11 is 3.71. The monoisotopic (exact) mass is 930 g/mol. The van der Waals surface area contributed by atoms with E-state index in [9.17, 15) is 0 Å². The SMILES string of the molecule is c1ccc(-n2c3ccccc3c3oc4cccc(-c5ccc6sc7ccccc7c6c5)c4c32)cc1.c1ccc(-n2c3ccccc3c3oc4cccc(-c5cccc6sc7ccccc7c56)c4c32)cc1. The minimum absolute atomic E-state index is 0.915. The van der Waals surface area contributed by atoms with Crippen LogP contribution < -0.4 is 0 Å². The van der Waals surface area contributed by atoms with E-state index in [1.54, 1.807) is 0 Å². The molecule has 16 aromatic rings. The number of hydrogen-bond donors (Lipinski definition) is 0. The van der Waals surface area contributed by atoms with Gasteiger partial charge in [-0.15, -0.1) is 22.7 Å².